The molecule has 4 N–H and O–H groups in total. The van der Waals surface area contributed by atoms with Crippen LogP contribution >= 0.6 is 7.82 Å². The van der Waals surface area contributed by atoms with E-state index in [0.29, 0.717) is 53.5 Å². The van der Waals surface area contributed by atoms with Crippen molar-refractivity contribution in [3.8, 4) is 22.3 Å². The van der Waals surface area contributed by atoms with E-state index in [2.05, 4.69) is 20.6 Å². The van der Waals surface area contributed by atoms with Gasteiger partial charge in [-0.2, -0.15) is 0 Å². The molecule has 0 aliphatic heterocycles. The molecule has 4 aromatic carbocycles. The number of H-pyrrole nitrogens is 2. The van der Waals surface area contributed by atoms with Crippen LogP contribution in [-0.2, 0) is 36.3 Å². The summed E-state index contributed by atoms with van der Waals surface area (Å²) >= 11 is 0. The number of carbonyl (C=O) groups excluding carboxylic acids is 6. The first-order valence-electron chi connectivity index (χ1n) is 25.3. The third-order valence-corrected chi connectivity index (χ3v) is 14.8. The summed E-state index contributed by atoms with van der Waals surface area (Å²) < 4.78 is 26.8. The Morgan fingerprint density at radius 2 is 0.884 bits per heavy atom. The summed E-state index contributed by atoms with van der Waals surface area (Å²) in [4.78, 5) is 145. The average Bonchev–Trinajstić information content (AvgIpc) is 1.80. The molecule has 24 nitrogen and oxygen atoms in total. The number of amides is 2. The van der Waals surface area contributed by atoms with Crippen molar-refractivity contribution >= 4 is 76.0 Å². The second-order valence-electron chi connectivity index (χ2n) is 19.0. The number of aromatic amines is 2. The van der Waals surface area contributed by atoms with Crippen molar-refractivity contribution in [2.75, 3.05) is 26.3 Å². The molecule has 420 valence electrons. The summed E-state index contributed by atoms with van der Waals surface area (Å²) in [5.41, 5.74) is 2.88. The van der Waals surface area contributed by atoms with Crippen molar-refractivity contribution < 1.29 is 146 Å². The minimum absolute atomic E-state index is 0. The van der Waals surface area contributed by atoms with Gasteiger partial charge in [-0.05, 0) is 109 Å². The number of ketones is 2. The largest absolute Gasteiger partial charge is 1.00 e. The summed E-state index contributed by atoms with van der Waals surface area (Å²) in [6.45, 7) is 0.234. The number of carbonyl (C=O) groups is 6. The molecule has 0 aliphatic rings. The maximum Gasteiger partial charge on any atom is 1.00 e. The Bertz CT molecular complexity index is 4390. The van der Waals surface area contributed by atoms with E-state index in [-0.39, 0.29) is 157 Å². The van der Waals surface area contributed by atoms with Crippen molar-refractivity contribution in [1.29, 1.82) is 0 Å². The summed E-state index contributed by atoms with van der Waals surface area (Å²) in [5, 5.41) is 27.4. The number of aromatic nitrogens is 6. The van der Waals surface area contributed by atoms with Gasteiger partial charge in [-0.25, -0.2) is 9.59 Å². The van der Waals surface area contributed by atoms with Crippen molar-refractivity contribution in [2.24, 2.45) is 0 Å². The number of hydrogen-bond acceptors (Lipinski definition) is 16. The van der Waals surface area contributed by atoms with Gasteiger partial charge < -0.3 is 63.1 Å². The molecule has 0 saturated carbocycles. The number of aliphatic carboxylic acids is 2. The van der Waals surface area contributed by atoms with Crippen LogP contribution in [0.4, 0.5) is 0 Å². The van der Waals surface area contributed by atoms with Crippen molar-refractivity contribution in [3.05, 3.63) is 220 Å². The van der Waals surface area contributed by atoms with Gasteiger partial charge in [0, 0.05) is 58.9 Å². The topological polar surface area (TPSA) is 350 Å². The van der Waals surface area contributed by atoms with E-state index in [1.807, 2.05) is 12.1 Å². The molecule has 6 heterocycles. The van der Waals surface area contributed by atoms with Crippen molar-refractivity contribution in [1.82, 2.24) is 38.5 Å². The van der Waals surface area contributed by atoms with E-state index in [0.717, 1.165) is 0 Å². The number of pyridine rings is 2. The third kappa shape index (κ3) is 13.4. The number of benzene rings is 4. The molecule has 0 bridgehead atoms. The fraction of sp³-hybridized carbons (Fsp3) is 0.138. The van der Waals surface area contributed by atoms with Gasteiger partial charge >= 0.3 is 100 Å². The first-order valence-corrected chi connectivity index (χ1v) is 26.8. The smallest absolute Gasteiger partial charge is 0.756 e. The van der Waals surface area contributed by atoms with E-state index in [1.54, 1.807) is 108 Å². The molecule has 10 rings (SSSR count). The Morgan fingerprint density at radius 1 is 0.523 bits per heavy atom. The van der Waals surface area contributed by atoms with Gasteiger partial charge in [-0.1, -0.05) is 48.5 Å². The quantitative estimate of drug-likeness (QED) is 0.0238. The number of phosphoric ester groups is 1. The Hall–Kier alpha value is -7.39. The van der Waals surface area contributed by atoms with E-state index in [9.17, 15) is 67.6 Å². The normalized spacial score (nSPS) is 11.2. The molecule has 0 unspecified atom stereocenters. The van der Waals surface area contributed by atoms with Gasteiger partial charge in [0.2, 0.25) is 11.6 Å². The van der Waals surface area contributed by atoms with Crippen LogP contribution in [0.2, 0.25) is 0 Å². The molecule has 0 radical (unpaired) electrons. The second kappa shape index (κ2) is 27.5. The van der Waals surface area contributed by atoms with Crippen LogP contribution in [-0.4, -0.2) is 89.5 Å². The molecular formula is C58H44N8Na3O16P. The number of nitrogens with one attached hydrogen (secondary N) is 4. The number of rotatable bonds is 20. The zero-order chi connectivity index (χ0) is 59.0. The molecule has 0 atom stereocenters. The molecule has 28 heteroatoms. The van der Waals surface area contributed by atoms with Gasteiger partial charge in [0.05, 0.1) is 82.5 Å². The van der Waals surface area contributed by atoms with Crippen LogP contribution in [0.3, 0.4) is 0 Å². The average molecular weight is 1210 g/mol. The number of nitrogens with zero attached hydrogens (tertiary/aromatic N) is 4. The van der Waals surface area contributed by atoms with Crippen LogP contribution in [0.25, 0.3) is 55.1 Å². The maximum atomic E-state index is 14.2. The van der Waals surface area contributed by atoms with E-state index in [1.165, 1.54) is 36.4 Å². The maximum absolute atomic E-state index is 14.2. The Balaban J connectivity index is 0.00000353. The monoisotopic (exact) mass is 1210 g/mol. The predicted octanol–water partition coefficient (Wildman–Crippen LogP) is -7.22. The van der Waals surface area contributed by atoms with Crippen LogP contribution in [0.1, 0.15) is 63.9 Å². The number of fused-ring (bicyclic) bond motifs is 4. The van der Waals surface area contributed by atoms with Gasteiger partial charge in [0.1, 0.15) is 0 Å². The Labute approximate surface area is 551 Å². The third-order valence-electron chi connectivity index (χ3n) is 13.8. The van der Waals surface area contributed by atoms with Crippen LogP contribution in [0, 0.1) is 13.8 Å². The summed E-state index contributed by atoms with van der Waals surface area (Å²) in [6, 6.07) is 31.8. The fourth-order valence-electron chi connectivity index (χ4n) is 10.0. The fourth-order valence-corrected chi connectivity index (χ4v) is 10.7. The number of carboxylic acids is 2. The van der Waals surface area contributed by atoms with Crippen LogP contribution in [0.15, 0.2) is 153 Å². The van der Waals surface area contributed by atoms with Gasteiger partial charge in [0.25, 0.3) is 30.8 Å². The minimum Gasteiger partial charge on any atom is -0.756 e. The van der Waals surface area contributed by atoms with E-state index < -0.39 is 91.9 Å². The Kier molecular flexibility index (Phi) is 21.2. The molecule has 6 aromatic heterocycles. The van der Waals surface area contributed by atoms with Crippen LogP contribution in [0.5, 0.6) is 0 Å². The van der Waals surface area contributed by atoms with E-state index in [4.69, 9.17) is 9.05 Å². The molecular weight excluding hydrogens is 1160 g/mol. The van der Waals surface area contributed by atoms with Gasteiger partial charge in [-0.15, -0.1) is 0 Å². The molecule has 0 saturated heterocycles. The summed E-state index contributed by atoms with van der Waals surface area (Å²) in [6.07, 6.45) is 3.41. The molecule has 0 spiro atoms. The second-order valence-corrected chi connectivity index (χ2v) is 20.4. The Morgan fingerprint density at radius 3 is 1.24 bits per heavy atom. The van der Waals surface area contributed by atoms with Gasteiger partial charge in [-0.3, -0.25) is 42.5 Å². The standard InChI is InChI=1S/C58H47N8O16P.3Na/c1-31-47(43-7-3-5-23-63(43)49(31)51(71)37-17-19-39-41(27-37)61-57(77)65(55(39)75)29-45(67)68)33-9-13-35(14-10-33)53(73)59-21-25-81-83(79,80)82-26-22-60-54(74)36-15-11-34(12-16-36)48-32(2)50(64-24-6-4-8-44(48)64)52(72)38-18-20-40-42(28-38)62-58(78)66(56(40)76)30-46(69)70;;;/h3-20,23-24,27-28H,21-22,25-26,29-30H2,1-2H3,(H,59,73)(H,60,74)(H,61,77)(H,62,78)(H,67,68)(H,69,70)(H,79,80);;;/q;3*+1/p-3. The van der Waals surface area contributed by atoms with E-state index >= 15 is 0 Å². The van der Waals surface area contributed by atoms with Crippen molar-refractivity contribution in [2.45, 2.75) is 26.9 Å². The first-order chi connectivity index (χ1) is 39.7. The number of hydrogen-bond donors (Lipinski definition) is 4. The zero-order valence-electron chi connectivity index (χ0n) is 46.7. The minimum atomic E-state index is -4.88. The zero-order valence-corrected chi connectivity index (χ0v) is 53.6. The molecule has 86 heavy (non-hydrogen) atoms. The summed E-state index contributed by atoms with van der Waals surface area (Å²) in [7, 11) is -4.88. The van der Waals surface area contributed by atoms with Crippen molar-refractivity contribution in [3.63, 3.8) is 0 Å². The first kappa shape index (κ1) is 66.1. The predicted molar refractivity (Wildman–Crippen MR) is 294 cm³/mol. The number of phosphoric acid groups is 1. The van der Waals surface area contributed by atoms with Gasteiger partial charge in [0.15, 0.2) is 0 Å². The van der Waals surface area contributed by atoms with Crippen LogP contribution < -0.4 is 137 Å². The number of carboxylic acid groups (broad SMARTS) is 2. The summed E-state index contributed by atoms with van der Waals surface area (Å²) in [5.74, 6) is -5.21. The molecule has 10 aromatic rings. The SMILES string of the molecule is Cc1c(-c2ccc(C(=O)NCCOP(=O)([O-])OCCNC(=O)c3ccc(-c4c(C)c(C(=O)c5ccc6c(=O)n(CC(=O)[O-])c(=O)[nH]c6c5)n5ccccc45)cc3)cc2)c2ccccn2c1C(=O)c1ccc2c(=O)n(CC(=O)[O-])c(=O)[nH]c2c1.[Na+].[Na+].[Na+]. The molecule has 2 amide bonds. The molecule has 0 aliphatic carbocycles. The molecule has 0 fully saturated rings.